The molecule has 194 valence electrons. The van der Waals surface area contributed by atoms with Gasteiger partial charge < -0.3 is 9.47 Å². The zero-order chi connectivity index (χ0) is 26.9. The maximum atomic E-state index is 14.8. The molecule has 0 aromatic heterocycles. The lowest BCUT2D eigenvalue weighted by Gasteiger charge is -2.29. The van der Waals surface area contributed by atoms with Crippen molar-refractivity contribution in [2.75, 3.05) is 6.61 Å². The van der Waals surface area contributed by atoms with Gasteiger partial charge in [0, 0.05) is 28.8 Å². The Kier molecular flexibility index (Phi) is 7.83. The van der Waals surface area contributed by atoms with Crippen LogP contribution in [0.4, 0.5) is 13.2 Å². The second-order valence-electron chi connectivity index (χ2n) is 12.0. The molecule has 3 aromatic carbocycles. The van der Waals surface area contributed by atoms with Crippen molar-refractivity contribution in [1.82, 2.24) is 0 Å². The molecule has 2 nitrogen and oxygen atoms in total. The Hall–Kier alpha value is -2.95. The van der Waals surface area contributed by atoms with E-state index >= 15 is 0 Å². The zero-order valence-corrected chi connectivity index (χ0v) is 22.6. The van der Waals surface area contributed by atoms with Crippen LogP contribution in [-0.4, -0.2) is 6.61 Å². The largest absolute Gasteiger partial charge is 0.493 e. The average Bonchev–Trinajstić information content (AvgIpc) is 2.72. The lowest BCUT2D eigenvalue weighted by atomic mass is 9.81. The van der Waals surface area contributed by atoms with Gasteiger partial charge >= 0.3 is 0 Å². The van der Waals surface area contributed by atoms with Gasteiger partial charge in [-0.2, -0.15) is 0 Å². The van der Waals surface area contributed by atoms with Gasteiger partial charge in [0.25, 0.3) is 0 Å². The van der Waals surface area contributed by atoms with E-state index in [1.54, 1.807) is 6.07 Å². The molecular weight excluding hydrogens is 461 g/mol. The number of benzene rings is 3. The van der Waals surface area contributed by atoms with Gasteiger partial charge in [-0.1, -0.05) is 73.6 Å². The summed E-state index contributed by atoms with van der Waals surface area (Å²) < 4.78 is 55.1. The predicted molar refractivity (Wildman–Crippen MR) is 140 cm³/mol. The third-order valence-electron chi connectivity index (χ3n) is 6.34. The Morgan fingerprint density at radius 2 is 1.31 bits per heavy atom. The van der Waals surface area contributed by atoms with Crippen LogP contribution in [0.5, 0.6) is 17.2 Å². The van der Waals surface area contributed by atoms with Crippen LogP contribution >= 0.6 is 0 Å². The molecule has 0 fully saturated rings. The summed E-state index contributed by atoms with van der Waals surface area (Å²) in [5, 5.41) is 0. The molecule has 0 spiro atoms. The maximum Gasteiger partial charge on any atom is 0.137 e. The van der Waals surface area contributed by atoms with E-state index in [2.05, 4.69) is 13.8 Å². The molecule has 0 N–H and O–H groups in total. The fraction of sp³-hybridized carbons (Fsp3) is 0.419. The Balaban J connectivity index is 1.87. The van der Waals surface area contributed by atoms with Crippen molar-refractivity contribution < 1.29 is 22.6 Å². The highest BCUT2D eigenvalue weighted by Crippen LogP contribution is 2.41. The van der Waals surface area contributed by atoms with Gasteiger partial charge in [-0.15, -0.1) is 0 Å². The fourth-order valence-corrected chi connectivity index (χ4v) is 4.36. The molecule has 0 atom stereocenters. The average molecular weight is 499 g/mol. The minimum Gasteiger partial charge on any atom is -0.493 e. The van der Waals surface area contributed by atoms with Crippen molar-refractivity contribution in [3.8, 4) is 17.2 Å². The van der Waals surface area contributed by atoms with Crippen molar-refractivity contribution in [2.24, 2.45) is 0 Å². The van der Waals surface area contributed by atoms with E-state index in [4.69, 9.17) is 9.47 Å². The number of ether oxygens (including phenoxy) is 2. The van der Waals surface area contributed by atoms with Gasteiger partial charge in [-0.05, 0) is 46.9 Å². The van der Waals surface area contributed by atoms with Crippen LogP contribution in [0.25, 0.3) is 0 Å². The van der Waals surface area contributed by atoms with Gasteiger partial charge in [-0.3, -0.25) is 0 Å². The summed E-state index contributed by atoms with van der Waals surface area (Å²) in [6, 6.07) is 14.3. The monoisotopic (exact) mass is 498 g/mol. The van der Waals surface area contributed by atoms with E-state index in [-0.39, 0.29) is 22.4 Å². The van der Waals surface area contributed by atoms with Crippen LogP contribution in [0.1, 0.15) is 78.5 Å². The number of hydrogen-bond acceptors (Lipinski definition) is 2. The molecule has 0 aliphatic heterocycles. The number of hydrogen-bond donors (Lipinski definition) is 0. The van der Waals surface area contributed by atoms with E-state index < -0.39 is 17.0 Å². The molecule has 3 aromatic rings. The molecule has 0 aliphatic carbocycles. The van der Waals surface area contributed by atoms with Crippen molar-refractivity contribution in [1.29, 1.82) is 0 Å². The summed E-state index contributed by atoms with van der Waals surface area (Å²) >= 11 is 0. The topological polar surface area (TPSA) is 18.5 Å². The first-order chi connectivity index (χ1) is 16.6. The molecule has 0 amide bonds. The zero-order valence-electron chi connectivity index (χ0n) is 22.6. The van der Waals surface area contributed by atoms with E-state index in [0.717, 1.165) is 17.2 Å². The van der Waals surface area contributed by atoms with Gasteiger partial charge in [0.2, 0.25) is 0 Å². The summed E-state index contributed by atoms with van der Waals surface area (Å²) in [6.07, 6.45) is 0.637. The fourth-order valence-electron chi connectivity index (χ4n) is 4.36. The van der Waals surface area contributed by atoms with Gasteiger partial charge in [0.05, 0.1) is 6.61 Å². The smallest absolute Gasteiger partial charge is 0.137 e. The summed E-state index contributed by atoms with van der Waals surface area (Å²) in [7, 11) is 0. The summed E-state index contributed by atoms with van der Waals surface area (Å²) in [4.78, 5) is 0. The molecular formula is C31H37F3O2. The normalized spacial score (nSPS) is 12.5. The molecule has 0 radical (unpaired) electrons. The van der Waals surface area contributed by atoms with E-state index in [1.165, 1.54) is 18.2 Å². The third-order valence-corrected chi connectivity index (χ3v) is 6.34. The highest BCUT2D eigenvalue weighted by atomic mass is 19.1. The molecule has 0 saturated heterocycles. The Bertz CT molecular complexity index is 1220. The van der Waals surface area contributed by atoms with Crippen LogP contribution in [-0.2, 0) is 16.2 Å². The minimum atomic E-state index is -0.686. The first-order valence-corrected chi connectivity index (χ1v) is 12.3. The van der Waals surface area contributed by atoms with E-state index in [9.17, 15) is 13.2 Å². The minimum absolute atomic E-state index is 0.167. The van der Waals surface area contributed by atoms with Gasteiger partial charge in [0.15, 0.2) is 0 Å². The highest BCUT2D eigenvalue weighted by molar-refractivity contribution is 5.47. The third kappa shape index (κ3) is 6.43. The Morgan fingerprint density at radius 3 is 1.94 bits per heavy atom. The standard InChI is InChI=1S/C31H37F3O2/c1-29(2,3)23-17-20(32)13-14-25(23)35-16-15-31(7,8)22-11-9-10-12-26(22)36-27-19-21(33)18-24(34)28(27)30(4,5)6/h9-14,17-19H,15-16H2,1-8H3. The summed E-state index contributed by atoms with van der Waals surface area (Å²) in [6.45, 7) is 16.2. The molecule has 0 saturated carbocycles. The van der Waals surface area contributed by atoms with Gasteiger partial charge in [0.1, 0.15) is 34.7 Å². The SMILES string of the molecule is CC(C)(C)c1cc(F)ccc1OCCC(C)(C)c1ccccc1Oc1cc(F)cc(F)c1C(C)(C)C. The quantitative estimate of drug-likeness (QED) is 0.323. The highest BCUT2D eigenvalue weighted by Gasteiger charge is 2.29. The second kappa shape index (κ2) is 10.2. The number of rotatable bonds is 7. The number of halogens is 3. The summed E-state index contributed by atoms with van der Waals surface area (Å²) in [5.41, 5.74) is 0.807. The van der Waals surface area contributed by atoms with Crippen LogP contribution in [0.2, 0.25) is 0 Å². The Morgan fingerprint density at radius 1 is 0.639 bits per heavy atom. The second-order valence-corrected chi connectivity index (χ2v) is 12.0. The summed E-state index contributed by atoms with van der Waals surface area (Å²) in [5.74, 6) is -0.238. The first-order valence-electron chi connectivity index (χ1n) is 12.3. The molecule has 0 bridgehead atoms. The van der Waals surface area contributed by atoms with Crippen LogP contribution in [0.3, 0.4) is 0 Å². The van der Waals surface area contributed by atoms with E-state index in [0.29, 0.717) is 30.1 Å². The molecule has 5 heteroatoms. The van der Waals surface area contributed by atoms with Crippen LogP contribution < -0.4 is 9.47 Å². The molecule has 3 rings (SSSR count). The molecule has 0 unspecified atom stereocenters. The molecule has 36 heavy (non-hydrogen) atoms. The van der Waals surface area contributed by atoms with E-state index in [1.807, 2.05) is 65.8 Å². The molecule has 0 aliphatic rings. The number of para-hydroxylation sites is 1. The first kappa shape index (κ1) is 27.6. The van der Waals surface area contributed by atoms with Crippen molar-refractivity contribution in [3.63, 3.8) is 0 Å². The maximum absolute atomic E-state index is 14.8. The molecule has 0 heterocycles. The van der Waals surface area contributed by atoms with Gasteiger partial charge in [-0.25, -0.2) is 13.2 Å². The Labute approximate surface area is 213 Å². The lowest BCUT2D eigenvalue weighted by Crippen LogP contribution is -2.22. The predicted octanol–water partition coefficient (Wildman–Crippen LogP) is 9.24. The lowest BCUT2D eigenvalue weighted by molar-refractivity contribution is 0.264. The van der Waals surface area contributed by atoms with Crippen LogP contribution in [0, 0.1) is 17.5 Å². The van der Waals surface area contributed by atoms with Crippen molar-refractivity contribution in [3.05, 3.63) is 88.7 Å². The van der Waals surface area contributed by atoms with Crippen LogP contribution in [0.15, 0.2) is 54.6 Å². The van der Waals surface area contributed by atoms with Crippen molar-refractivity contribution in [2.45, 2.75) is 78.1 Å². The van der Waals surface area contributed by atoms with Crippen molar-refractivity contribution >= 4 is 0 Å².